The Kier molecular flexibility index (Phi) is 4.82. The first-order valence-electron chi connectivity index (χ1n) is 7.22. The first-order chi connectivity index (χ1) is 10.0. The minimum absolute atomic E-state index is 0.134. The third-order valence-corrected chi connectivity index (χ3v) is 3.79. The number of carbonyl (C=O) groups is 2. The van der Waals surface area contributed by atoms with E-state index in [2.05, 4.69) is 15.6 Å². The van der Waals surface area contributed by atoms with Crippen LogP contribution in [0.3, 0.4) is 0 Å². The fraction of sp³-hybridized carbons (Fsp3) is 0.643. The van der Waals surface area contributed by atoms with Crippen molar-refractivity contribution in [3.8, 4) is 0 Å². The summed E-state index contributed by atoms with van der Waals surface area (Å²) < 4.78 is 5.25. The number of hydrogen-bond acceptors (Lipinski definition) is 4. The Balaban J connectivity index is 1.93. The lowest BCUT2D eigenvalue weighted by Gasteiger charge is -2.29. The minimum atomic E-state index is -1.16. The summed E-state index contributed by atoms with van der Waals surface area (Å²) in [4.78, 5) is 27.5. The van der Waals surface area contributed by atoms with Gasteiger partial charge in [-0.3, -0.25) is 0 Å². The number of carboxylic acids is 1. The quantitative estimate of drug-likeness (QED) is 0.736. The standard InChI is InChI=1S/C14H21N3O4/c1-10-8-15-11(21-10)9-16-13(20)17-14(12(18)19)6-4-2-3-5-7-14/h8H,2-7,9H2,1H3,(H,18,19)(H2,16,17,20). The van der Waals surface area contributed by atoms with Crippen molar-refractivity contribution in [1.29, 1.82) is 0 Å². The molecular formula is C14H21N3O4. The third-order valence-electron chi connectivity index (χ3n) is 3.79. The van der Waals surface area contributed by atoms with Crippen molar-refractivity contribution < 1.29 is 19.1 Å². The number of aliphatic carboxylic acids is 1. The molecule has 1 aromatic rings. The van der Waals surface area contributed by atoms with Gasteiger partial charge in [0, 0.05) is 0 Å². The first-order valence-corrected chi connectivity index (χ1v) is 7.22. The van der Waals surface area contributed by atoms with Crippen LogP contribution in [0.25, 0.3) is 0 Å². The fourth-order valence-corrected chi connectivity index (χ4v) is 2.63. The molecule has 0 saturated heterocycles. The maximum atomic E-state index is 12.0. The number of aryl methyl sites for hydroxylation is 1. The highest BCUT2D eigenvalue weighted by atomic mass is 16.4. The average molecular weight is 295 g/mol. The fourth-order valence-electron chi connectivity index (χ4n) is 2.63. The second-order valence-corrected chi connectivity index (χ2v) is 5.47. The number of aromatic nitrogens is 1. The number of urea groups is 1. The summed E-state index contributed by atoms with van der Waals surface area (Å²) in [6.07, 6.45) is 6.14. The van der Waals surface area contributed by atoms with Crippen molar-refractivity contribution in [3.05, 3.63) is 17.8 Å². The molecular weight excluding hydrogens is 274 g/mol. The van der Waals surface area contributed by atoms with Crippen LogP contribution in [0.2, 0.25) is 0 Å². The molecule has 0 unspecified atom stereocenters. The van der Waals surface area contributed by atoms with Gasteiger partial charge in [-0.25, -0.2) is 14.6 Å². The molecule has 1 aliphatic carbocycles. The van der Waals surface area contributed by atoms with Gasteiger partial charge in [0.1, 0.15) is 11.3 Å². The Morgan fingerprint density at radius 1 is 1.33 bits per heavy atom. The number of amides is 2. The first kappa shape index (κ1) is 15.3. The van der Waals surface area contributed by atoms with Crippen LogP contribution in [0, 0.1) is 6.92 Å². The topological polar surface area (TPSA) is 104 Å². The summed E-state index contributed by atoms with van der Waals surface area (Å²) in [5, 5.41) is 14.7. The summed E-state index contributed by atoms with van der Waals surface area (Å²) in [7, 11) is 0. The molecule has 1 heterocycles. The van der Waals surface area contributed by atoms with Gasteiger partial charge in [-0.1, -0.05) is 25.7 Å². The van der Waals surface area contributed by atoms with Crippen LogP contribution in [-0.2, 0) is 11.3 Å². The van der Waals surface area contributed by atoms with E-state index in [0.29, 0.717) is 24.5 Å². The summed E-state index contributed by atoms with van der Waals surface area (Å²) in [5.41, 5.74) is -1.16. The van der Waals surface area contributed by atoms with Crippen molar-refractivity contribution in [2.24, 2.45) is 0 Å². The Hall–Kier alpha value is -2.05. The van der Waals surface area contributed by atoms with Gasteiger partial charge in [-0.05, 0) is 19.8 Å². The molecule has 0 aromatic carbocycles. The number of hydrogen-bond donors (Lipinski definition) is 3. The third kappa shape index (κ3) is 3.96. The minimum Gasteiger partial charge on any atom is -0.480 e. The van der Waals surface area contributed by atoms with Crippen molar-refractivity contribution >= 4 is 12.0 Å². The molecule has 116 valence electrons. The molecule has 0 aliphatic heterocycles. The zero-order valence-corrected chi connectivity index (χ0v) is 12.1. The van der Waals surface area contributed by atoms with Crippen LogP contribution in [0.15, 0.2) is 10.6 Å². The van der Waals surface area contributed by atoms with E-state index < -0.39 is 17.5 Å². The Morgan fingerprint density at radius 3 is 2.52 bits per heavy atom. The van der Waals surface area contributed by atoms with E-state index in [1.54, 1.807) is 13.1 Å². The van der Waals surface area contributed by atoms with Crippen LogP contribution in [0.1, 0.15) is 50.2 Å². The molecule has 3 N–H and O–H groups in total. The molecule has 1 saturated carbocycles. The molecule has 2 amide bonds. The highest BCUT2D eigenvalue weighted by molar-refractivity contribution is 5.86. The number of rotatable bonds is 4. The van der Waals surface area contributed by atoms with E-state index >= 15 is 0 Å². The van der Waals surface area contributed by atoms with Gasteiger partial charge in [-0.2, -0.15) is 0 Å². The van der Waals surface area contributed by atoms with Crippen LogP contribution in [0.4, 0.5) is 4.79 Å². The van der Waals surface area contributed by atoms with Crippen LogP contribution < -0.4 is 10.6 Å². The Labute approximate surface area is 123 Å². The molecule has 0 radical (unpaired) electrons. The van der Waals surface area contributed by atoms with Crippen LogP contribution >= 0.6 is 0 Å². The van der Waals surface area contributed by atoms with Crippen molar-refractivity contribution in [3.63, 3.8) is 0 Å². The highest BCUT2D eigenvalue weighted by Gasteiger charge is 2.40. The molecule has 21 heavy (non-hydrogen) atoms. The van der Waals surface area contributed by atoms with E-state index in [-0.39, 0.29) is 6.54 Å². The summed E-state index contributed by atoms with van der Waals surface area (Å²) in [5.74, 6) is 0.0948. The lowest BCUT2D eigenvalue weighted by atomic mass is 9.90. The summed E-state index contributed by atoms with van der Waals surface area (Å²) >= 11 is 0. The summed E-state index contributed by atoms with van der Waals surface area (Å²) in [6.45, 7) is 1.90. The molecule has 1 aromatic heterocycles. The molecule has 1 fully saturated rings. The van der Waals surface area contributed by atoms with Gasteiger partial charge in [0.15, 0.2) is 0 Å². The van der Waals surface area contributed by atoms with Gasteiger partial charge in [0.2, 0.25) is 5.89 Å². The van der Waals surface area contributed by atoms with Crippen LogP contribution in [0.5, 0.6) is 0 Å². The second-order valence-electron chi connectivity index (χ2n) is 5.47. The zero-order valence-electron chi connectivity index (χ0n) is 12.1. The highest BCUT2D eigenvalue weighted by Crippen LogP contribution is 2.27. The average Bonchev–Trinajstić information content (AvgIpc) is 2.71. The molecule has 1 aliphatic rings. The predicted molar refractivity (Wildman–Crippen MR) is 74.7 cm³/mol. The molecule has 0 bridgehead atoms. The van der Waals surface area contributed by atoms with E-state index in [9.17, 15) is 14.7 Å². The maximum absolute atomic E-state index is 12.0. The Morgan fingerprint density at radius 2 is 2.00 bits per heavy atom. The van der Waals surface area contributed by atoms with Crippen molar-refractivity contribution in [2.45, 2.75) is 57.5 Å². The molecule has 7 heteroatoms. The lowest BCUT2D eigenvalue weighted by molar-refractivity contribution is -0.145. The van der Waals surface area contributed by atoms with Gasteiger partial charge in [0.05, 0.1) is 12.7 Å². The van der Waals surface area contributed by atoms with Gasteiger partial charge >= 0.3 is 12.0 Å². The van der Waals surface area contributed by atoms with E-state index in [1.165, 1.54) is 0 Å². The normalized spacial score (nSPS) is 17.8. The number of carboxylic acid groups (broad SMARTS) is 1. The van der Waals surface area contributed by atoms with Gasteiger partial charge < -0.3 is 20.2 Å². The number of nitrogens with zero attached hydrogens (tertiary/aromatic N) is 1. The van der Waals surface area contributed by atoms with Crippen LogP contribution in [-0.4, -0.2) is 27.6 Å². The molecule has 2 rings (SSSR count). The molecule has 0 atom stereocenters. The van der Waals surface area contributed by atoms with E-state index in [1.807, 2.05) is 0 Å². The van der Waals surface area contributed by atoms with E-state index in [4.69, 9.17) is 4.42 Å². The SMILES string of the molecule is Cc1cnc(CNC(=O)NC2(C(=O)O)CCCCCC2)o1. The number of carbonyl (C=O) groups excluding carboxylic acids is 1. The van der Waals surface area contributed by atoms with Gasteiger partial charge in [-0.15, -0.1) is 0 Å². The maximum Gasteiger partial charge on any atom is 0.329 e. The second kappa shape index (κ2) is 6.60. The zero-order chi connectivity index (χ0) is 15.3. The lowest BCUT2D eigenvalue weighted by Crippen LogP contribution is -2.56. The summed E-state index contributed by atoms with van der Waals surface area (Å²) in [6, 6.07) is -0.504. The van der Waals surface area contributed by atoms with Crippen molar-refractivity contribution in [2.75, 3.05) is 0 Å². The number of oxazole rings is 1. The Bertz CT molecular complexity index is 504. The van der Waals surface area contributed by atoms with E-state index in [0.717, 1.165) is 25.7 Å². The van der Waals surface area contributed by atoms with Gasteiger partial charge in [0.25, 0.3) is 0 Å². The van der Waals surface area contributed by atoms with Crippen molar-refractivity contribution in [1.82, 2.24) is 15.6 Å². The smallest absolute Gasteiger partial charge is 0.329 e. The monoisotopic (exact) mass is 295 g/mol. The molecule has 7 nitrogen and oxygen atoms in total. The predicted octanol–water partition coefficient (Wildman–Crippen LogP) is 1.96. The largest absolute Gasteiger partial charge is 0.480 e. The molecule has 0 spiro atoms. The number of nitrogens with one attached hydrogen (secondary N) is 2.